The molecule has 3 aromatic heterocycles. The van der Waals surface area contributed by atoms with Crippen molar-refractivity contribution in [2.24, 2.45) is 0 Å². The van der Waals surface area contributed by atoms with Gasteiger partial charge in [0, 0.05) is 18.4 Å². The molecule has 0 spiro atoms. The SMILES string of the molecule is CC1(F)CCCN(c2nc(Nc3ccnc(C(F)(F)F)c3)nc(-c3cccc(C(F)(F)F)n3)n2)C1. The van der Waals surface area contributed by atoms with Crippen LogP contribution in [-0.4, -0.2) is 43.7 Å². The molecule has 0 amide bonds. The Kier molecular flexibility index (Phi) is 6.23. The molecule has 0 radical (unpaired) electrons. The van der Waals surface area contributed by atoms with Gasteiger partial charge in [-0.15, -0.1) is 0 Å². The van der Waals surface area contributed by atoms with Crippen LogP contribution < -0.4 is 10.2 Å². The monoisotopic (exact) mass is 501 g/mol. The summed E-state index contributed by atoms with van der Waals surface area (Å²) in [5, 5.41) is 2.60. The number of halogens is 7. The van der Waals surface area contributed by atoms with Crippen molar-refractivity contribution >= 4 is 17.6 Å². The van der Waals surface area contributed by atoms with Crippen LogP contribution in [-0.2, 0) is 12.4 Å². The van der Waals surface area contributed by atoms with Crippen LogP contribution >= 0.6 is 0 Å². The van der Waals surface area contributed by atoms with Gasteiger partial charge in [-0.3, -0.25) is 4.98 Å². The number of nitrogens with zero attached hydrogens (tertiary/aromatic N) is 6. The van der Waals surface area contributed by atoms with E-state index in [-0.39, 0.29) is 35.6 Å². The zero-order valence-electron chi connectivity index (χ0n) is 18.1. The molecule has 1 saturated heterocycles. The van der Waals surface area contributed by atoms with Gasteiger partial charge in [0.2, 0.25) is 11.9 Å². The van der Waals surface area contributed by atoms with E-state index in [4.69, 9.17) is 0 Å². The third kappa shape index (κ3) is 5.92. The van der Waals surface area contributed by atoms with Crippen LogP contribution in [0.2, 0.25) is 0 Å². The molecule has 14 heteroatoms. The number of aromatic nitrogens is 5. The molecule has 1 unspecified atom stereocenters. The molecule has 1 aliphatic rings. The maximum Gasteiger partial charge on any atom is 0.433 e. The van der Waals surface area contributed by atoms with Crippen LogP contribution in [0, 0.1) is 0 Å². The van der Waals surface area contributed by atoms with Crippen LogP contribution in [0.3, 0.4) is 0 Å². The van der Waals surface area contributed by atoms with Gasteiger partial charge in [-0.1, -0.05) is 6.07 Å². The van der Waals surface area contributed by atoms with Gasteiger partial charge in [-0.2, -0.15) is 41.3 Å². The van der Waals surface area contributed by atoms with E-state index < -0.39 is 29.4 Å². The number of rotatable bonds is 4. The van der Waals surface area contributed by atoms with Crippen molar-refractivity contribution in [2.75, 3.05) is 23.3 Å². The first-order valence-electron chi connectivity index (χ1n) is 10.4. The fraction of sp³-hybridized carbons (Fsp3) is 0.381. The summed E-state index contributed by atoms with van der Waals surface area (Å²) in [7, 11) is 0. The summed E-state index contributed by atoms with van der Waals surface area (Å²) in [6, 6.07) is 5.12. The first-order chi connectivity index (χ1) is 16.3. The fourth-order valence-corrected chi connectivity index (χ4v) is 3.55. The molecule has 0 aliphatic carbocycles. The fourth-order valence-electron chi connectivity index (χ4n) is 3.55. The van der Waals surface area contributed by atoms with E-state index in [2.05, 4.69) is 30.2 Å². The molecule has 1 aliphatic heterocycles. The largest absolute Gasteiger partial charge is 0.433 e. The van der Waals surface area contributed by atoms with Crippen molar-refractivity contribution in [1.82, 2.24) is 24.9 Å². The van der Waals surface area contributed by atoms with Gasteiger partial charge < -0.3 is 10.2 Å². The van der Waals surface area contributed by atoms with E-state index in [0.717, 1.165) is 24.4 Å². The lowest BCUT2D eigenvalue weighted by Crippen LogP contribution is -2.44. The Labute approximate surface area is 194 Å². The Balaban J connectivity index is 1.77. The van der Waals surface area contributed by atoms with Crippen LogP contribution in [0.25, 0.3) is 11.5 Å². The summed E-state index contributed by atoms with van der Waals surface area (Å²) in [4.78, 5) is 20.8. The second-order valence-electron chi connectivity index (χ2n) is 8.18. The van der Waals surface area contributed by atoms with Crippen LogP contribution in [0.4, 0.5) is 48.3 Å². The topological polar surface area (TPSA) is 79.7 Å². The lowest BCUT2D eigenvalue weighted by Gasteiger charge is -2.35. The van der Waals surface area contributed by atoms with E-state index in [1.165, 1.54) is 24.0 Å². The van der Waals surface area contributed by atoms with Gasteiger partial charge in [0.15, 0.2) is 5.82 Å². The molecular weight excluding hydrogens is 483 g/mol. The number of anilines is 3. The van der Waals surface area contributed by atoms with Crippen molar-refractivity contribution in [3.05, 3.63) is 47.9 Å². The quantitative estimate of drug-likeness (QED) is 0.477. The van der Waals surface area contributed by atoms with E-state index in [0.29, 0.717) is 19.4 Å². The maximum absolute atomic E-state index is 14.6. The summed E-state index contributed by atoms with van der Waals surface area (Å²) in [6.07, 6.45) is -7.71. The number of hydrogen-bond donors (Lipinski definition) is 1. The summed E-state index contributed by atoms with van der Waals surface area (Å²) >= 11 is 0. The Morgan fingerprint density at radius 3 is 2.37 bits per heavy atom. The molecular formula is C21H18F7N7. The average Bonchev–Trinajstić information content (AvgIpc) is 2.77. The smallest absolute Gasteiger partial charge is 0.337 e. The van der Waals surface area contributed by atoms with Gasteiger partial charge in [0.1, 0.15) is 22.8 Å². The van der Waals surface area contributed by atoms with Crippen molar-refractivity contribution in [1.29, 1.82) is 0 Å². The highest BCUT2D eigenvalue weighted by Gasteiger charge is 2.35. The van der Waals surface area contributed by atoms with Crippen LogP contribution in [0.5, 0.6) is 0 Å². The normalized spacial score (nSPS) is 19.0. The first-order valence-corrected chi connectivity index (χ1v) is 10.4. The molecule has 0 saturated carbocycles. The summed E-state index contributed by atoms with van der Waals surface area (Å²) in [6.45, 7) is 1.69. The lowest BCUT2D eigenvalue weighted by molar-refractivity contribution is -0.141. The molecule has 1 fully saturated rings. The zero-order chi connectivity index (χ0) is 25.4. The van der Waals surface area contributed by atoms with Crippen molar-refractivity contribution in [3.63, 3.8) is 0 Å². The Morgan fingerprint density at radius 1 is 0.943 bits per heavy atom. The number of pyridine rings is 2. The molecule has 0 bridgehead atoms. The van der Waals surface area contributed by atoms with E-state index in [1.54, 1.807) is 0 Å². The van der Waals surface area contributed by atoms with Gasteiger partial charge >= 0.3 is 12.4 Å². The highest BCUT2D eigenvalue weighted by Crippen LogP contribution is 2.32. The summed E-state index contributed by atoms with van der Waals surface area (Å²) < 4.78 is 93.2. The highest BCUT2D eigenvalue weighted by molar-refractivity contribution is 5.59. The maximum atomic E-state index is 14.6. The minimum atomic E-state index is -4.72. The van der Waals surface area contributed by atoms with Crippen molar-refractivity contribution < 1.29 is 30.7 Å². The molecule has 4 rings (SSSR count). The predicted molar refractivity (Wildman–Crippen MR) is 112 cm³/mol. The van der Waals surface area contributed by atoms with Gasteiger partial charge in [0.25, 0.3) is 0 Å². The minimum Gasteiger partial charge on any atom is -0.337 e. The second-order valence-corrected chi connectivity index (χ2v) is 8.18. The molecule has 1 N–H and O–H groups in total. The van der Waals surface area contributed by atoms with E-state index >= 15 is 0 Å². The number of piperidine rings is 1. The molecule has 0 aromatic carbocycles. The summed E-state index contributed by atoms with van der Waals surface area (Å²) in [5.74, 6) is -0.570. The third-order valence-electron chi connectivity index (χ3n) is 5.13. The van der Waals surface area contributed by atoms with Crippen molar-refractivity contribution in [3.8, 4) is 11.5 Å². The predicted octanol–water partition coefficient (Wildman–Crippen LogP) is 5.44. The standard InChI is InChI=1S/C21H18F7N7/c1-19(22)7-3-9-35(11-19)18-33-16(13-4-2-5-14(31-13)20(23,24)25)32-17(34-18)30-12-6-8-29-15(10-12)21(26,27)28/h2,4-6,8,10H,3,7,9,11H2,1H3,(H,29,30,32,33,34). The summed E-state index contributed by atoms with van der Waals surface area (Å²) in [5.41, 5.74) is -4.20. The zero-order valence-corrected chi connectivity index (χ0v) is 18.1. The molecule has 7 nitrogen and oxygen atoms in total. The number of hydrogen-bond acceptors (Lipinski definition) is 7. The average molecular weight is 501 g/mol. The van der Waals surface area contributed by atoms with Gasteiger partial charge in [-0.05, 0) is 44.0 Å². The Bertz CT molecular complexity index is 1210. The molecule has 186 valence electrons. The minimum absolute atomic E-state index is 0.0506. The Hall–Kier alpha value is -3.58. The lowest BCUT2D eigenvalue weighted by atomic mass is 9.97. The Morgan fingerprint density at radius 2 is 1.69 bits per heavy atom. The molecule has 4 heterocycles. The van der Waals surface area contributed by atoms with Crippen molar-refractivity contribution in [2.45, 2.75) is 37.8 Å². The van der Waals surface area contributed by atoms with E-state index in [9.17, 15) is 30.7 Å². The number of alkyl halides is 7. The van der Waals surface area contributed by atoms with Crippen LogP contribution in [0.1, 0.15) is 31.2 Å². The third-order valence-corrected chi connectivity index (χ3v) is 5.13. The van der Waals surface area contributed by atoms with Gasteiger partial charge in [-0.25, -0.2) is 9.37 Å². The van der Waals surface area contributed by atoms with Crippen LogP contribution in [0.15, 0.2) is 36.5 Å². The second kappa shape index (κ2) is 8.89. The molecule has 35 heavy (non-hydrogen) atoms. The molecule has 3 aromatic rings. The highest BCUT2D eigenvalue weighted by atomic mass is 19.4. The van der Waals surface area contributed by atoms with E-state index in [1.807, 2.05) is 0 Å². The van der Waals surface area contributed by atoms with Gasteiger partial charge in [0.05, 0.1) is 6.54 Å². The molecule has 1 atom stereocenters. The first kappa shape index (κ1) is 24.5. The number of nitrogens with one attached hydrogen (secondary N) is 1.